The van der Waals surface area contributed by atoms with Crippen LogP contribution in [0.25, 0.3) is 0 Å². The summed E-state index contributed by atoms with van der Waals surface area (Å²) in [6, 6.07) is -0.683. The molecular formula is C16H26N2O3. The summed E-state index contributed by atoms with van der Waals surface area (Å²) in [5.41, 5.74) is 0.172. The van der Waals surface area contributed by atoms with E-state index in [-0.39, 0.29) is 23.2 Å². The Hall–Kier alpha value is -1.10. The van der Waals surface area contributed by atoms with Gasteiger partial charge in [-0.1, -0.05) is 19.3 Å². The first-order chi connectivity index (χ1) is 10.1. The van der Waals surface area contributed by atoms with E-state index in [1.165, 1.54) is 6.42 Å². The normalized spacial score (nSPS) is 29.8. The van der Waals surface area contributed by atoms with Gasteiger partial charge in [-0.2, -0.15) is 0 Å². The number of nitrogens with one attached hydrogen (secondary N) is 2. The molecule has 0 aromatic carbocycles. The van der Waals surface area contributed by atoms with Crippen LogP contribution in [0.5, 0.6) is 0 Å². The quantitative estimate of drug-likeness (QED) is 0.734. The molecule has 3 aliphatic rings. The van der Waals surface area contributed by atoms with Crippen molar-refractivity contribution in [2.45, 2.75) is 57.4 Å². The number of amides is 1. The van der Waals surface area contributed by atoms with E-state index in [0.29, 0.717) is 0 Å². The molecule has 3 fully saturated rings. The fourth-order valence-electron chi connectivity index (χ4n) is 4.30. The zero-order chi connectivity index (χ0) is 14.9. The highest BCUT2D eigenvalue weighted by Crippen LogP contribution is 2.58. The maximum Gasteiger partial charge on any atom is 0.326 e. The van der Waals surface area contributed by atoms with Crippen LogP contribution in [0.1, 0.15) is 51.4 Å². The van der Waals surface area contributed by atoms with E-state index < -0.39 is 12.0 Å². The molecule has 2 unspecified atom stereocenters. The van der Waals surface area contributed by atoms with E-state index in [9.17, 15) is 14.7 Å². The van der Waals surface area contributed by atoms with Gasteiger partial charge in [0, 0.05) is 5.92 Å². The molecular weight excluding hydrogens is 268 g/mol. The number of carboxylic acid groups (broad SMARTS) is 1. The Labute approximate surface area is 125 Å². The predicted molar refractivity (Wildman–Crippen MR) is 78.8 cm³/mol. The summed E-state index contributed by atoms with van der Waals surface area (Å²) in [6.07, 6.45) is 8.26. The van der Waals surface area contributed by atoms with E-state index in [4.69, 9.17) is 0 Å². The van der Waals surface area contributed by atoms with Crippen LogP contribution in [0, 0.1) is 17.3 Å². The van der Waals surface area contributed by atoms with Crippen LogP contribution in [0.2, 0.25) is 0 Å². The molecule has 1 spiro atoms. The number of carbonyl (C=O) groups excluding carboxylic acids is 1. The second kappa shape index (κ2) is 5.95. The minimum atomic E-state index is -0.865. The number of rotatable bonds is 4. The van der Waals surface area contributed by atoms with E-state index in [0.717, 1.165) is 58.0 Å². The Balaban J connectivity index is 1.58. The van der Waals surface area contributed by atoms with Crippen molar-refractivity contribution in [1.82, 2.24) is 10.6 Å². The van der Waals surface area contributed by atoms with Crippen molar-refractivity contribution in [2.75, 3.05) is 13.1 Å². The van der Waals surface area contributed by atoms with Gasteiger partial charge >= 0.3 is 5.97 Å². The Kier molecular flexibility index (Phi) is 4.20. The zero-order valence-corrected chi connectivity index (χ0v) is 12.6. The maximum absolute atomic E-state index is 12.4. The fraction of sp³-hybridized carbons (Fsp3) is 0.875. The topological polar surface area (TPSA) is 78.4 Å². The Bertz CT molecular complexity index is 412. The molecule has 0 bridgehead atoms. The zero-order valence-electron chi connectivity index (χ0n) is 12.6. The number of piperidine rings is 1. The Morgan fingerprint density at radius 2 is 1.81 bits per heavy atom. The molecule has 1 heterocycles. The Morgan fingerprint density at radius 1 is 1.14 bits per heavy atom. The summed E-state index contributed by atoms with van der Waals surface area (Å²) in [5, 5.41) is 15.6. The number of carboxylic acids is 1. The molecule has 1 saturated heterocycles. The van der Waals surface area contributed by atoms with Gasteiger partial charge in [0.1, 0.15) is 6.04 Å². The molecule has 0 aromatic rings. The van der Waals surface area contributed by atoms with E-state index in [1.807, 2.05) is 0 Å². The second-order valence-electron chi connectivity index (χ2n) is 7.09. The highest BCUT2D eigenvalue weighted by molar-refractivity contribution is 5.87. The molecule has 21 heavy (non-hydrogen) atoms. The monoisotopic (exact) mass is 294 g/mol. The first-order valence-electron chi connectivity index (χ1n) is 8.36. The average molecular weight is 294 g/mol. The lowest BCUT2D eigenvalue weighted by Crippen LogP contribution is -2.47. The van der Waals surface area contributed by atoms with Crippen molar-refractivity contribution in [3.05, 3.63) is 0 Å². The maximum atomic E-state index is 12.4. The largest absolute Gasteiger partial charge is 0.480 e. The molecule has 2 aliphatic carbocycles. The van der Waals surface area contributed by atoms with E-state index in [1.54, 1.807) is 0 Å². The number of hydrogen-bond acceptors (Lipinski definition) is 3. The molecule has 2 atom stereocenters. The van der Waals surface area contributed by atoms with Crippen molar-refractivity contribution in [3.63, 3.8) is 0 Å². The molecule has 1 aliphatic heterocycles. The smallest absolute Gasteiger partial charge is 0.326 e. The van der Waals surface area contributed by atoms with Crippen molar-refractivity contribution < 1.29 is 14.7 Å². The highest BCUT2D eigenvalue weighted by Gasteiger charge is 2.58. The SMILES string of the molecule is O=C(O)C(NC(=O)C1CC12CCNCC2)C1CCCCC1. The van der Waals surface area contributed by atoms with Gasteiger partial charge in [0.25, 0.3) is 0 Å². The molecule has 2 saturated carbocycles. The Morgan fingerprint density at radius 3 is 2.43 bits per heavy atom. The summed E-state index contributed by atoms with van der Waals surface area (Å²) >= 11 is 0. The predicted octanol–water partition coefficient (Wildman–Crippen LogP) is 1.53. The molecule has 3 N–H and O–H groups in total. The molecule has 118 valence electrons. The molecule has 0 radical (unpaired) electrons. The van der Waals surface area contributed by atoms with Crippen molar-refractivity contribution >= 4 is 11.9 Å². The van der Waals surface area contributed by atoms with Gasteiger partial charge in [-0.05, 0) is 56.5 Å². The third-order valence-electron chi connectivity index (χ3n) is 5.79. The van der Waals surface area contributed by atoms with Crippen LogP contribution in [0.3, 0.4) is 0 Å². The van der Waals surface area contributed by atoms with Crippen LogP contribution < -0.4 is 10.6 Å². The fourth-order valence-corrected chi connectivity index (χ4v) is 4.30. The summed E-state index contributed by atoms with van der Waals surface area (Å²) in [6.45, 7) is 1.96. The standard InChI is InChI=1S/C16H26N2O3/c19-14(12-10-16(12)6-8-17-9-7-16)18-13(15(20)21)11-4-2-1-3-5-11/h11-13,17H,1-10H2,(H,18,19)(H,20,21). The second-order valence-corrected chi connectivity index (χ2v) is 7.09. The molecule has 3 rings (SSSR count). The lowest BCUT2D eigenvalue weighted by Gasteiger charge is -2.29. The lowest BCUT2D eigenvalue weighted by molar-refractivity contribution is -0.144. The van der Waals surface area contributed by atoms with Gasteiger partial charge in [0.05, 0.1) is 0 Å². The third-order valence-corrected chi connectivity index (χ3v) is 5.79. The van der Waals surface area contributed by atoms with E-state index >= 15 is 0 Å². The summed E-state index contributed by atoms with van der Waals surface area (Å²) in [4.78, 5) is 24.0. The minimum Gasteiger partial charge on any atom is -0.480 e. The van der Waals surface area contributed by atoms with Crippen molar-refractivity contribution in [3.8, 4) is 0 Å². The van der Waals surface area contributed by atoms with Crippen molar-refractivity contribution in [2.24, 2.45) is 17.3 Å². The van der Waals surface area contributed by atoms with Crippen LogP contribution >= 0.6 is 0 Å². The van der Waals surface area contributed by atoms with E-state index in [2.05, 4.69) is 10.6 Å². The summed E-state index contributed by atoms with van der Waals surface area (Å²) in [7, 11) is 0. The molecule has 5 nitrogen and oxygen atoms in total. The van der Waals surface area contributed by atoms with Crippen LogP contribution in [0.4, 0.5) is 0 Å². The summed E-state index contributed by atoms with van der Waals surface area (Å²) < 4.78 is 0. The number of hydrogen-bond donors (Lipinski definition) is 3. The lowest BCUT2D eigenvalue weighted by atomic mass is 9.83. The molecule has 0 aromatic heterocycles. The van der Waals surface area contributed by atoms with Gasteiger partial charge in [0.2, 0.25) is 5.91 Å². The van der Waals surface area contributed by atoms with Crippen LogP contribution in [-0.4, -0.2) is 36.1 Å². The van der Waals surface area contributed by atoms with Gasteiger partial charge in [-0.3, -0.25) is 4.79 Å². The number of aliphatic carboxylic acids is 1. The van der Waals surface area contributed by atoms with Gasteiger partial charge in [-0.25, -0.2) is 4.79 Å². The van der Waals surface area contributed by atoms with Crippen LogP contribution in [-0.2, 0) is 9.59 Å². The highest BCUT2D eigenvalue weighted by atomic mass is 16.4. The van der Waals surface area contributed by atoms with Gasteiger partial charge < -0.3 is 15.7 Å². The first-order valence-corrected chi connectivity index (χ1v) is 8.36. The van der Waals surface area contributed by atoms with Gasteiger partial charge in [-0.15, -0.1) is 0 Å². The molecule has 5 heteroatoms. The van der Waals surface area contributed by atoms with Crippen molar-refractivity contribution in [1.29, 1.82) is 0 Å². The average Bonchev–Trinajstić information content (AvgIpc) is 3.19. The summed E-state index contributed by atoms with van der Waals surface area (Å²) in [5.74, 6) is -0.724. The third kappa shape index (κ3) is 3.07. The first kappa shape index (κ1) is 14.8. The van der Waals surface area contributed by atoms with Gasteiger partial charge in [0.15, 0.2) is 0 Å². The number of carbonyl (C=O) groups is 2. The molecule has 1 amide bonds. The van der Waals surface area contributed by atoms with Crippen LogP contribution in [0.15, 0.2) is 0 Å². The minimum absolute atomic E-state index is 0.0186.